The third-order valence-corrected chi connectivity index (χ3v) is 2.46. The van der Waals surface area contributed by atoms with Crippen LogP contribution in [-0.4, -0.2) is 22.8 Å². The summed E-state index contributed by atoms with van der Waals surface area (Å²) in [5, 5.41) is 2.50. The first kappa shape index (κ1) is 11.8. The van der Waals surface area contributed by atoms with Crippen molar-refractivity contribution in [1.82, 2.24) is 10.3 Å². The lowest BCUT2D eigenvalue weighted by atomic mass is 10.2. The van der Waals surface area contributed by atoms with Crippen LogP contribution in [0.15, 0.2) is 23.3 Å². The molecule has 0 spiro atoms. The zero-order chi connectivity index (χ0) is 11.3. The number of pyridine rings is 1. The predicted octanol–water partition coefficient (Wildman–Crippen LogP) is 1.12. The molecule has 0 saturated heterocycles. The van der Waals surface area contributed by atoms with Crippen LogP contribution in [0.25, 0.3) is 0 Å². The van der Waals surface area contributed by atoms with E-state index in [1.807, 2.05) is 6.92 Å². The Morgan fingerprint density at radius 3 is 3.00 bits per heavy atom. The smallest absolute Gasteiger partial charge is 0.256 e. The van der Waals surface area contributed by atoms with Gasteiger partial charge >= 0.3 is 0 Å². The normalized spacial score (nSPS) is 12.1. The molecule has 2 N–H and O–H groups in total. The number of aromatic amines is 1. The van der Waals surface area contributed by atoms with Crippen molar-refractivity contribution in [3.05, 3.63) is 34.2 Å². The van der Waals surface area contributed by atoms with Gasteiger partial charge in [0.05, 0.1) is 5.38 Å². The molecule has 0 fully saturated rings. The molecule has 1 amide bonds. The summed E-state index contributed by atoms with van der Waals surface area (Å²) in [6, 6.07) is 1.31. The number of carbonyl (C=O) groups excluding carboxylic acids is 1. The Kier molecular flexibility index (Phi) is 4.37. The van der Waals surface area contributed by atoms with E-state index in [1.165, 1.54) is 18.5 Å². The lowest BCUT2D eigenvalue weighted by Gasteiger charge is -2.07. The Bertz CT molecular complexity index is 389. The quantitative estimate of drug-likeness (QED) is 0.759. The second kappa shape index (κ2) is 5.56. The maximum atomic E-state index is 11.5. The van der Waals surface area contributed by atoms with Gasteiger partial charge in [-0.15, -0.1) is 11.6 Å². The molecule has 0 aromatic carbocycles. The van der Waals surface area contributed by atoms with Gasteiger partial charge in [-0.1, -0.05) is 6.92 Å². The van der Waals surface area contributed by atoms with Crippen molar-refractivity contribution < 1.29 is 4.79 Å². The largest absolute Gasteiger partial charge is 0.367 e. The zero-order valence-electron chi connectivity index (χ0n) is 8.42. The Hall–Kier alpha value is -1.29. The highest BCUT2D eigenvalue weighted by Crippen LogP contribution is 1.98. The van der Waals surface area contributed by atoms with Crippen LogP contribution >= 0.6 is 11.6 Å². The first-order chi connectivity index (χ1) is 7.15. The van der Waals surface area contributed by atoms with E-state index in [-0.39, 0.29) is 16.4 Å². The summed E-state index contributed by atoms with van der Waals surface area (Å²) in [5.74, 6) is -0.393. The molecule has 1 heterocycles. The summed E-state index contributed by atoms with van der Waals surface area (Å²) in [6.07, 6.45) is 3.63. The summed E-state index contributed by atoms with van der Waals surface area (Å²) in [7, 11) is 0. The van der Waals surface area contributed by atoms with E-state index in [0.29, 0.717) is 6.54 Å². The molecule has 1 atom stereocenters. The molecule has 15 heavy (non-hydrogen) atoms. The number of halogens is 1. The predicted molar refractivity (Wildman–Crippen MR) is 59.3 cm³/mol. The Morgan fingerprint density at radius 1 is 1.67 bits per heavy atom. The molecule has 0 aliphatic carbocycles. The van der Waals surface area contributed by atoms with Crippen molar-refractivity contribution in [2.75, 3.05) is 6.54 Å². The molecule has 82 valence electrons. The Balaban J connectivity index is 2.62. The average Bonchev–Trinajstić information content (AvgIpc) is 2.26. The molecule has 0 aliphatic rings. The second-order valence-corrected chi connectivity index (χ2v) is 3.76. The standard InChI is InChI=1S/C10H13ClN2O2/c1-2-7(11)5-13-10(15)8-6-12-4-3-9(8)14/h3-4,6-7H,2,5H2,1H3,(H,12,14)(H,13,15). The molecule has 1 aromatic rings. The molecule has 5 heteroatoms. The Morgan fingerprint density at radius 2 is 2.40 bits per heavy atom. The summed E-state index contributed by atoms with van der Waals surface area (Å²) < 4.78 is 0. The van der Waals surface area contributed by atoms with Crippen LogP contribution in [0.4, 0.5) is 0 Å². The number of rotatable bonds is 4. The molecule has 0 radical (unpaired) electrons. The summed E-state index contributed by atoms with van der Waals surface area (Å²) in [6.45, 7) is 2.30. The van der Waals surface area contributed by atoms with Crippen molar-refractivity contribution in [2.45, 2.75) is 18.7 Å². The number of nitrogens with one attached hydrogen (secondary N) is 2. The second-order valence-electron chi connectivity index (χ2n) is 3.14. The average molecular weight is 229 g/mol. The van der Waals surface area contributed by atoms with Crippen molar-refractivity contribution >= 4 is 17.5 Å². The summed E-state index contributed by atoms with van der Waals surface area (Å²) in [5.41, 5.74) is -0.189. The number of hydrogen-bond donors (Lipinski definition) is 2. The van der Waals surface area contributed by atoms with E-state index >= 15 is 0 Å². The number of alkyl halides is 1. The van der Waals surface area contributed by atoms with Crippen molar-refractivity contribution in [2.24, 2.45) is 0 Å². The highest BCUT2D eigenvalue weighted by Gasteiger charge is 2.10. The van der Waals surface area contributed by atoms with Crippen molar-refractivity contribution in [3.8, 4) is 0 Å². The topological polar surface area (TPSA) is 62.0 Å². The molecular weight excluding hydrogens is 216 g/mol. The lowest BCUT2D eigenvalue weighted by molar-refractivity contribution is 0.0952. The molecule has 1 aromatic heterocycles. The number of aromatic nitrogens is 1. The van der Waals surface area contributed by atoms with Crippen molar-refractivity contribution in [3.63, 3.8) is 0 Å². The minimum Gasteiger partial charge on any atom is -0.367 e. The maximum Gasteiger partial charge on any atom is 0.256 e. The number of amides is 1. The fourth-order valence-corrected chi connectivity index (χ4v) is 1.11. The lowest BCUT2D eigenvalue weighted by Crippen LogP contribution is -2.32. The number of H-pyrrole nitrogens is 1. The van der Waals surface area contributed by atoms with Crippen LogP contribution in [0.1, 0.15) is 23.7 Å². The molecule has 1 unspecified atom stereocenters. The van der Waals surface area contributed by atoms with Gasteiger partial charge in [-0.2, -0.15) is 0 Å². The van der Waals surface area contributed by atoms with E-state index in [4.69, 9.17) is 11.6 Å². The van der Waals surface area contributed by atoms with Crippen LogP contribution < -0.4 is 10.7 Å². The van der Waals surface area contributed by atoms with Gasteiger partial charge in [-0.3, -0.25) is 9.59 Å². The van der Waals surface area contributed by atoms with Crippen LogP contribution in [0.2, 0.25) is 0 Å². The van der Waals surface area contributed by atoms with Gasteiger partial charge in [0.25, 0.3) is 5.91 Å². The summed E-state index contributed by atoms with van der Waals surface area (Å²) in [4.78, 5) is 25.4. The fraction of sp³-hybridized carbons (Fsp3) is 0.400. The Labute approximate surface area is 92.7 Å². The third kappa shape index (κ3) is 3.40. The van der Waals surface area contributed by atoms with Gasteiger partial charge in [0, 0.05) is 25.0 Å². The first-order valence-electron chi connectivity index (χ1n) is 4.74. The van der Waals surface area contributed by atoms with Gasteiger partial charge in [0.2, 0.25) is 0 Å². The minimum absolute atomic E-state index is 0.100. The molecule has 0 bridgehead atoms. The maximum absolute atomic E-state index is 11.5. The van der Waals surface area contributed by atoms with E-state index in [2.05, 4.69) is 10.3 Å². The zero-order valence-corrected chi connectivity index (χ0v) is 9.17. The van der Waals surface area contributed by atoms with Crippen LogP contribution in [0.3, 0.4) is 0 Å². The van der Waals surface area contributed by atoms with Crippen LogP contribution in [-0.2, 0) is 0 Å². The fourth-order valence-electron chi connectivity index (χ4n) is 1.04. The molecular formula is C10H13ClN2O2. The van der Waals surface area contributed by atoms with Gasteiger partial charge in [-0.25, -0.2) is 0 Å². The van der Waals surface area contributed by atoms with Gasteiger partial charge in [0.15, 0.2) is 5.43 Å². The molecule has 1 rings (SSSR count). The van der Waals surface area contributed by atoms with Crippen LogP contribution in [0.5, 0.6) is 0 Å². The molecule has 0 saturated carbocycles. The third-order valence-electron chi connectivity index (χ3n) is 2.00. The van der Waals surface area contributed by atoms with Gasteiger partial charge in [-0.05, 0) is 6.42 Å². The van der Waals surface area contributed by atoms with Crippen LogP contribution in [0, 0.1) is 0 Å². The monoisotopic (exact) mass is 228 g/mol. The highest BCUT2D eigenvalue weighted by molar-refractivity contribution is 6.20. The summed E-state index contributed by atoms with van der Waals surface area (Å²) >= 11 is 5.84. The number of carbonyl (C=O) groups is 1. The van der Waals surface area contributed by atoms with Gasteiger partial charge < -0.3 is 10.3 Å². The number of hydrogen-bond acceptors (Lipinski definition) is 2. The van der Waals surface area contributed by atoms with Gasteiger partial charge in [0.1, 0.15) is 5.56 Å². The van der Waals surface area contributed by atoms with E-state index in [9.17, 15) is 9.59 Å². The minimum atomic E-state index is -0.393. The molecule has 4 nitrogen and oxygen atoms in total. The highest BCUT2D eigenvalue weighted by atomic mass is 35.5. The van der Waals surface area contributed by atoms with Crippen molar-refractivity contribution in [1.29, 1.82) is 0 Å². The molecule has 0 aliphatic heterocycles. The van der Waals surface area contributed by atoms with E-state index < -0.39 is 5.91 Å². The first-order valence-corrected chi connectivity index (χ1v) is 5.18. The van der Waals surface area contributed by atoms with E-state index in [1.54, 1.807) is 0 Å². The van der Waals surface area contributed by atoms with E-state index in [0.717, 1.165) is 6.42 Å². The SMILES string of the molecule is CCC(Cl)CNC(=O)c1c[nH]ccc1=O.